The van der Waals surface area contributed by atoms with Crippen LogP contribution in [-0.2, 0) is 0 Å². The molecule has 2 N–H and O–H groups in total. The maximum absolute atomic E-state index is 5.68. The molecule has 0 saturated carbocycles. The summed E-state index contributed by atoms with van der Waals surface area (Å²) in [6.07, 6.45) is 0. The third-order valence-electron chi connectivity index (χ3n) is 2.81. The number of hydrogen-bond donors (Lipinski definition) is 1. The fourth-order valence-electron chi connectivity index (χ4n) is 1.77. The van der Waals surface area contributed by atoms with Crippen LogP contribution in [0, 0.1) is 0 Å². The highest BCUT2D eigenvalue weighted by molar-refractivity contribution is 5.49. The van der Waals surface area contributed by atoms with Crippen LogP contribution < -0.4 is 20.1 Å². The van der Waals surface area contributed by atoms with E-state index in [0.29, 0.717) is 18.9 Å². The topological polar surface area (TPSA) is 47.7 Å². The standard InChI is InChI=1S/C16H20N2O2/c1-18(2)14-6-4-8-16(12-14)20-10-9-19-15-7-3-5-13(17)11-15/h3-8,11-12H,9-10,17H2,1-2H3. The Morgan fingerprint density at radius 3 is 2.10 bits per heavy atom. The first-order chi connectivity index (χ1) is 9.65. The maximum Gasteiger partial charge on any atom is 0.122 e. The van der Waals surface area contributed by atoms with Crippen molar-refractivity contribution in [2.24, 2.45) is 0 Å². The minimum absolute atomic E-state index is 0.482. The van der Waals surface area contributed by atoms with Crippen molar-refractivity contribution >= 4 is 11.4 Å². The molecule has 0 fully saturated rings. The second-order valence-corrected chi connectivity index (χ2v) is 4.66. The molecular weight excluding hydrogens is 252 g/mol. The van der Waals surface area contributed by atoms with Gasteiger partial charge in [0.15, 0.2) is 0 Å². The minimum Gasteiger partial charge on any atom is -0.490 e. The molecule has 2 aromatic carbocycles. The number of nitrogen functional groups attached to an aromatic ring is 1. The Kier molecular flexibility index (Phi) is 4.71. The van der Waals surface area contributed by atoms with Crippen molar-refractivity contribution in [1.29, 1.82) is 0 Å². The predicted octanol–water partition coefficient (Wildman–Crippen LogP) is 2.79. The van der Waals surface area contributed by atoms with Crippen LogP contribution >= 0.6 is 0 Å². The highest BCUT2D eigenvalue weighted by Gasteiger charge is 1.99. The summed E-state index contributed by atoms with van der Waals surface area (Å²) in [6.45, 7) is 0.974. The number of anilines is 2. The van der Waals surface area contributed by atoms with E-state index < -0.39 is 0 Å². The fourth-order valence-corrected chi connectivity index (χ4v) is 1.77. The van der Waals surface area contributed by atoms with E-state index in [2.05, 4.69) is 0 Å². The number of hydrogen-bond acceptors (Lipinski definition) is 4. The van der Waals surface area contributed by atoms with Gasteiger partial charge >= 0.3 is 0 Å². The minimum atomic E-state index is 0.482. The molecule has 0 atom stereocenters. The summed E-state index contributed by atoms with van der Waals surface area (Å²) in [4.78, 5) is 2.04. The molecule has 0 saturated heterocycles. The van der Waals surface area contributed by atoms with Crippen molar-refractivity contribution in [2.75, 3.05) is 37.9 Å². The van der Waals surface area contributed by atoms with Crippen LogP contribution in [0.5, 0.6) is 11.5 Å². The molecule has 0 amide bonds. The highest BCUT2D eigenvalue weighted by Crippen LogP contribution is 2.19. The molecule has 106 valence electrons. The number of ether oxygens (including phenoxy) is 2. The predicted molar refractivity (Wildman–Crippen MR) is 82.6 cm³/mol. The summed E-state index contributed by atoms with van der Waals surface area (Å²) in [5.41, 5.74) is 7.49. The van der Waals surface area contributed by atoms with Gasteiger partial charge in [-0.25, -0.2) is 0 Å². The first kappa shape index (κ1) is 14.1. The number of rotatable bonds is 6. The Bertz CT molecular complexity index is 556. The van der Waals surface area contributed by atoms with Crippen LogP contribution in [0.4, 0.5) is 11.4 Å². The smallest absolute Gasteiger partial charge is 0.122 e. The van der Waals surface area contributed by atoms with Gasteiger partial charge in [0.1, 0.15) is 24.7 Å². The van der Waals surface area contributed by atoms with Crippen LogP contribution in [0.2, 0.25) is 0 Å². The van der Waals surface area contributed by atoms with Gasteiger partial charge in [-0.1, -0.05) is 12.1 Å². The van der Waals surface area contributed by atoms with Crippen LogP contribution in [0.1, 0.15) is 0 Å². The average Bonchev–Trinajstić information content (AvgIpc) is 2.44. The van der Waals surface area contributed by atoms with E-state index in [9.17, 15) is 0 Å². The molecule has 0 aromatic heterocycles. The van der Waals surface area contributed by atoms with Crippen molar-refractivity contribution in [3.05, 3.63) is 48.5 Å². The molecule has 0 spiro atoms. The van der Waals surface area contributed by atoms with Gasteiger partial charge in [-0.2, -0.15) is 0 Å². The van der Waals surface area contributed by atoms with Crippen molar-refractivity contribution in [2.45, 2.75) is 0 Å². The summed E-state index contributed by atoms with van der Waals surface area (Å²) in [6, 6.07) is 15.3. The van der Waals surface area contributed by atoms with E-state index in [1.807, 2.05) is 61.5 Å². The molecule has 4 heteroatoms. The lowest BCUT2D eigenvalue weighted by Crippen LogP contribution is -2.11. The zero-order valence-corrected chi connectivity index (χ0v) is 11.9. The monoisotopic (exact) mass is 272 g/mol. The van der Waals surface area contributed by atoms with Gasteiger partial charge < -0.3 is 20.1 Å². The maximum atomic E-state index is 5.68. The summed E-state index contributed by atoms with van der Waals surface area (Å²) >= 11 is 0. The van der Waals surface area contributed by atoms with Gasteiger partial charge in [-0.05, 0) is 24.3 Å². The number of nitrogens with two attached hydrogens (primary N) is 1. The van der Waals surface area contributed by atoms with E-state index in [1.54, 1.807) is 6.07 Å². The molecular formula is C16H20N2O2. The van der Waals surface area contributed by atoms with E-state index in [0.717, 1.165) is 17.2 Å². The van der Waals surface area contributed by atoms with Gasteiger partial charge in [0, 0.05) is 37.6 Å². The molecule has 2 aromatic rings. The Morgan fingerprint density at radius 2 is 1.50 bits per heavy atom. The van der Waals surface area contributed by atoms with Crippen LogP contribution in [-0.4, -0.2) is 27.3 Å². The van der Waals surface area contributed by atoms with E-state index in [1.165, 1.54) is 0 Å². The Labute approximate surface area is 119 Å². The zero-order valence-electron chi connectivity index (χ0n) is 11.9. The SMILES string of the molecule is CN(C)c1cccc(OCCOc2cccc(N)c2)c1. The summed E-state index contributed by atoms with van der Waals surface area (Å²) < 4.78 is 11.2. The van der Waals surface area contributed by atoms with Crippen molar-refractivity contribution in [3.63, 3.8) is 0 Å². The summed E-state index contributed by atoms with van der Waals surface area (Å²) in [5.74, 6) is 1.60. The fraction of sp³-hybridized carbons (Fsp3) is 0.250. The first-order valence-corrected chi connectivity index (χ1v) is 6.54. The van der Waals surface area contributed by atoms with Crippen molar-refractivity contribution < 1.29 is 9.47 Å². The van der Waals surface area contributed by atoms with Gasteiger partial charge in [0.2, 0.25) is 0 Å². The van der Waals surface area contributed by atoms with Gasteiger partial charge in [0.25, 0.3) is 0 Å². The molecule has 0 heterocycles. The highest BCUT2D eigenvalue weighted by atomic mass is 16.5. The first-order valence-electron chi connectivity index (χ1n) is 6.54. The van der Waals surface area contributed by atoms with E-state index in [-0.39, 0.29) is 0 Å². The second kappa shape index (κ2) is 6.70. The van der Waals surface area contributed by atoms with Crippen molar-refractivity contribution in [1.82, 2.24) is 0 Å². The zero-order chi connectivity index (χ0) is 14.4. The molecule has 2 rings (SSSR count). The lowest BCUT2D eigenvalue weighted by molar-refractivity contribution is 0.217. The van der Waals surface area contributed by atoms with Crippen LogP contribution in [0.15, 0.2) is 48.5 Å². The Balaban J connectivity index is 1.80. The molecule has 4 nitrogen and oxygen atoms in total. The number of benzene rings is 2. The molecule has 0 aliphatic rings. The summed E-state index contributed by atoms with van der Waals surface area (Å²) in [7, 11) is 4.00. The van der Waals surface area contributed by atoms with Crippen molar-refractivity contribution in [3.8, 4) is 11.5 Å². The largest absolute Gasteiger partial charge is 0.490 e. The molecule has 0 aliphatic carbocycles. The van der Waals surface area contributed by atoms with Gasteiger partial charge in [0.05, 0.1) is 0 Å². The quantitative estimate of drug-likeness (QED) is 0.649. The van der Waals surface area contributed by atoms with Gasteiger partial charge in [-0.15, -0.1) is 0 Å². The Hall–Kier alpha value is -2.36. The van der Waals surface area contributed by atoms with E-state index >= 15 is 0 Å². The lowest BCUT2D eigenvalue weighted by Gasteiger charge is -2.14. The molecule has 0 bridgehead atoms. The van der Waals surface area contributed by atoms with E-state index in [4.69, 9.17) is 15.2 Å². The molecule has 0 unspecified atom stereocenters. The molecule has 0 aliphatic heterocycles. The third-order valence-corrected chi connectivity index (χ3v) is 2.81. The van der Waals surface area contributed by atoms with Gasteiger partial charge in [-0.3, -0.25) is 0 Å². The third kappa shape index (κ3) is 4.09. The molecule has 0 radical (unpaired) electrons. The molecule has 20 heavy (non-hydrogen) atoms. The average molecular weight is 272 g/mol. The second-order valence-electron chi connectivity index (χ2n) is 4.66. The normalized spacial score (nSPS) is 10.1. The Morgan fingerprint density at radius 1 is 0.900 bits per heavy atom. The van der Waals surface area contributed by atoms with Crippen LogP contribution in [0.3, 0.4) is 0 Å². The summed E-state index contributed by atoms with van der Waals surface area (Å²) in [5, 5.41) is 0. The lowest BCUT2D eigenvalue weighted by atomic mass is 10.3. The number of nitrogens with zero attached hydrogens (tertiary/aromatic N) is 1. The van der Waals surface area contributed by atoms with Crippen LogP contribution in [0.25, 0.3) is 0 Å².